The summed E-state index contributed by atoms with van der Waals surface area (Å²) in [7, 11) is 2.66. The van der Waals surface area contributed by atoms with Crippen LogP contribution in [0.5, 0.6) is 0 Å². The molecule has 6 N–H and O–H groups in total. The van der Waals surface area contributed by atoms with Gasteiger partial charge in [0.05, 0.1) is 12.7 Å². The molecule has 1 saturated heterocycles. The summed E-state index contributed by atoms with van der Waals surface area (Å²) in [5.74, 6) is 2.77. The SMILES string of the molecule is C#CC/C=C\C.C/C=C\Cc1[nH]c2nc(N(C)C3OC(CO)C(C)C3(C)O)c(N)c(=O)n2c1C.CO. The Balaban J connectivity index is 0.000000710. The number of aromatic nitrogens is 3. The molecule has 0 saturated carbocycles. The van der Waals surface area contributed by atoms with Gasteiger partial charge in [-0.2, -0.15) is 4.98 Å². The van der Waals surface area contributed by atoms with Gasteiger partial charge in [-0.1, -0.05) is 31.2 Å². The highest BCUT2D eigenvalue weighted by molar-refractivity contribution is 5.65. The molecule has 2 aromatic heterocycles. The van der Waals surface area contributed by atoms with E-state index in [0.29, 0.717) is 12.2 Å². The molecule has 0 spiro atoms. The van der Waals surface area contributed by atoms with Gasteiger partial charge in [-0.05, 0) is 27.7 Å². The molecule has 2 aromatic rings. The molecule has 200 valence electrons. The molecule has 3 rings (SSSR count). The number of imidazole rings is 1. The van der Waals surface area contributed by atoms with Crippen LogP contribution < -0.4 is 16.2 Å². The first-order valence-corrected chi connectivity index (χ1v) is 11.8. The molecule has 1 aliphatic heterocycles. The van der Waals surface area contributed by atoms with Crippen molar-refractivity contribution >= 4 is 17.3 Å². The van der Waals surface area contributed by atoms with Crippen LogP contribution in [0.3, 0.4) is 0 Å². The van der Waals surface area contributed by atoms with Crippen LogP contribution in [0.15, 0.2) is 29.1 Å². The molecule has 0 bridgehead atoms. The van der Waals surface area contributed by atoms with Gasteiger partial charge in [0.2, 0.25) is 5.78 Å². The minimum atomic E-state index is -1.26. The molecule has 10 heteroatoms. The Hall–Kier alpha value is -3.10. The second kappa shape index (κ2) is 13.8. The second-order valence-corrected chi connectivity index (χ2v) is 8.59. The highest BCUT2D eigenvalue weighted by Gasteiger charge is 2.52. The zero-order valence-corrected chi connectivity index (χ0v) is 22.3. The van der Waals surface area contributed by atoms with Crippen LogP contribution in [-0.4, -0.2) is 68.4 Å². The summed E-state index contributed by atoms with van der Waals surface area (Å²) in [4.78, 5) is 22.2. The molecular weight excluding hydrogens is 462 g/mol. The zero-order valence-electron chi connectivity index (χ0n) is 22.3. The van der Waals surface area contributed by atoms with Crippen LogP contribution in [-0.2, 0) is 11.2 Å². The number of rotatable bonds is 6. The van der Waals surface area contributed by atoms with Crippen molar-refractivity contribution in [1.29, 1.82) is 0 Å². The summed E-state index contributed by atoms with van der Waals surface area (Å²) >= 11 is 0. The molecule has 0 aliphatic carbocycles. The van der Waals surface area contributed by atoms with Crippen LogP contribution in [0.4, 0.5) is 11.5 Å². The summed E-state index contributed by atoms with van der Waals surface area (Å²) in [6, 6.07) is 0. The van der Waals surface area contributed by atoms with E-state index in [1.807, 2.05) is 52.0 Å². The lowest BCUT2D eigenvalue weighted by Crippen LogP contribution is -2.50. The number of likely N-dealkylation sites (N-methyl/N-ethyl adjacent to an activating group) is 1. The maximum atomic E-state index is 12.9. The molecule has 3 heterocycles. The number of aliphatic hydroxyl groups excluding tert-OH is 2. The standard InChI is InChI=1S/C19H29N5O4.C6H8.CH4O/c1-6-7-8-12-11(3)24-16(26)14(20)15(22-18(24)21-12)23(5)17-19(4,27)10(2)13(9-25)28-17;1-3-5-6-4-2;1-2/h6-7,10,13,17,25,27H,8-9,20H2,1-5H3,(H,21,22);1,4,6H,5H2,2H3;2H,1H3/b7-6-;6-4-;. The number of nitrogens with zero attached hydrogens (tertiary/aromatic N) is 3. The molecule has 0 radical (unpaired) electrons. The summed E-state index contributed by atoms with van der Waals surface area (Å²) < 4.78 is 7.30. The summed E-state index contributed by atoms with van der Waals surface area (Å²) in [5.41, 5.74) is 6.10. The number of aliphatic hydroxyl groups is 3. The number of nitrogens with one attached hydrogen (secondary N) is 1. The number of aryl methyl sites for hydroxylation is 1. The van der Waals surface area contributed by atoms with Gasteiger partial charge in [-0.25, -0.2) is 4.40 Å². The maximum absolute atomic E-state index is 12.9. The Labute approximate surface area is 213 Å². The average molecular weight is 504 g/mol. The third-order valence-electron chi connectivity index (χ3n) is 6.31. The summed E-state index contributed by atoms with van der Waals surface area (Å²) in [6.45, 7) is 8.97. The highest BCUT2D eigenvalue weighted by Crippen LogP contribution is 2.39. The number of nitrogen functional groups attached to an aromatic ring is 1. The molecule has 36 heavy (non-hydrogen) atoms. The molecule has 4 atom stereocenters. The Morgan fingerprint density at radius 2 is 1.94 bits per heavy atom. The van der Waals surface area contributed by atoms with Gasteiger partial charge < -0.3 is 35.7 Å². The van der Waals surface area contributed by atoms with Gasteiger partial charge in [-0.15, -0.1) is 12.3 Å². The number of nitrogens with two attached hydrogens (primary N) is 1. The lowest BCUT2D eigenvalue weighted by Gasteiger charge is -2.34. The lowest BCUT2D eigenvalue weighted by atomic mass is 9.88. The molecule has 1 aliphatic rings. The molecule has 10 nitrogen and oxygen atoms in total. The first-order chi connectivity index (χ1) is 17.1. The van der Waals surface area contributed by atoms with Crippen LogP contribution in [0.2, 0.25) is 0 Å². The minimum absolute atomic E-state index is 0.0285. The summed E-state index contributed by atoms with van der Waals surface area (Å²) in [5, 5.41) is 27.5. The normalized spacial score (nSPS) is 23.3. The smallest absolute Gasteiger partial charge is 0.284 e. The average Bonchev–Trinajstić information content (AvgIpc) is 3.31. The number of terminal acetylenes is 1. The van der Waals surface area contributed by atoms with Gasteiger partial charge >= 0.3 is 0 Å². The molecule has 1 fully saturated rings. The van der Waals surface area contributed by atoms with Crippen molar-refractivity contribution in [3.05, 3.63) is 46.0 Å². The Bertz CT molecular complexity index is 1140. The fraction of sp³-hybridized carbons (Fsp3) is 0.538. The largest absolute Gasteiger partial charge is 0.400 e. The number of allylic oxidation sites excluding steroid dienone is 4. The fourth-order valence-corrected chi connectivity index (χ4v) is 3.99. The topological polar surface area (TPSA) is 149 Å². The monoisotopic (exact) mass is 503 g/mol. The number of H-pyrrole nitrogens is 1. The Morgan fingerprint density at radius 1 is 1.33 bits per heavy atom. The van der Waals surface area contributed by atoms with Crippen molar-refractivity contribution in [2.45, 2.75) is 65.4 Å². The number of ether oxygens (including phenoxy) is 1. The van der Waals surface area contributed by atoms with Gasteiger partial charge in [0.15, 0.2) is 12.0 Å². The number of aromatic amines is 1. The van der Waals surface area contributed by atoms with Gasteiger partial charge in [0.25, 0.3) is 5.56 Å². The van der Waals surface area contributed by atoms with E-state index in [4.69, 9.17) is 22.0 Å². The van der Waals surface area contributed by atoms with E-state index >= 15 is 0 Å². The highest BCUT2D eigenvalue weighted by atomic mass is 16.5. The number of hydrogen-bond donors (Lipinski definition) is 5. The van der Waals surface area contributed by atoms with E-state index in [1.54, 1.807) is 18.9 Å². The van der Waals surface area contributed by atoms with Gasteiger partial charge in [0, 0.05) is 44.3 Å². The third-order valence-corrected chi connectivity index (χ3v) is 6.31. The van der Waals surface area contributed by atoms with E-state index < -0.39 is 17.9 Å². The molecule has 0 aromatic carbocycles. The van der Waals surface area contributed by atoms with E-state index in [0.717, 1.165) is 24.9 Å². The van der Waals surface area contributed by atoms with Crippen molar-refractivity contribution in [2.24, 2.45) is 5.92 Å². The van der Waals surface area contributed by atoms with Crippen LogP contribution in [0.1, 0.15) is 45.5 Å². The van der Waals surface area contributed by atoms with Crippen molar-refractivity contribution in [2.75, 3.05) is 31.4 Å². The predicted molar refractivity (Wildman–Crippen MR) is 144 cm³/mol. The van der Waals surface area contributed by atoms with E-state index in [9.17, 15) is 15.0 Å². The Kier molecular flexibility index (Phi) is 11.9. The van der Waals surface area contributed by atoms with E-state index in [2.05, 4.69) is 15.9 Å². The van der Waals surface area contributed by atoms with Gasteiger partial charge in [-0.3, -0.25) is 4.79 Å². The van der Waals surface area contributed by atoms with Crippen molar-refractivity contribution in [1.82, 2.24) is 14.4 Å². The number of anilines is 2. The molecule has 0 amide bonds. The molecule has 4 unspecified atom stereocenters. The van der Waals surface area contributed by atoms with E-state index in [1.165, 1.54) is 4.40 Å². The van der Waals surface area contributed by atoms with Crippen LogP contribution >= 0.6 is 0 Å². The number of fused-ring (bicyclic) bond motifs is 1. The Morgan fingerprint density at radius 3 is 2.42 bits per heavy atom. The first kappa shape index (κ1) is 30.9. The minimum Gasteiger partial charge on any atom is -0.400 e. The molecular formula is C26H41N5O5. The summed E-state index contributed by atoms with van der Waals surface area (Å²) in [6.07, 6.45) is 12.8. The van der Waals surface area contributed by atoms with Crippen molar-refractivity contribution in [3.63, 3.8) is 0 Å². The first-order valence-electron chi connectivity index (χ1n) is 11.8. The predicted octanol–water partition coefficient (Wildman–Crippen LogP) is 1.77. The van der Waals surface area contributed by atoms with Crippen LogP contribution in [0, 0.1) is 25.2 Å². The van der Waals surface area contributed by atoms with Gasteiger partial charge in [0.1, 0.15) is 11.3 Å². The van der Waals surface area contributed by atoms with E-state index in [-0.39, 0.29) is 29.6 Å². The third kappa shape index (κ3) is 6.36. The lowest BCUT2D eigenvalue weighted by molar-refractivity contribution is -0.0456. The van der Waals surface area contributed by atoms with Crippen molar-refractivity contribution in [3.8, 4) is 12.3 Å². The van der Waals surface area contributed by atoms with Crippen LogP contribution in [0.25, 0.3) is 5.78 Å². The number of hydrogen-bond acceptors (Lipinski definition) is 8. The fourth-order valence-electron chi connectivity index (χ4n) is 3.99. The second-order valence-electron chi connectivity index (χ2n) is 8.59. The quantitative estimate of drug-likeness (QED) is 0.296. The van der Waals surface area contributed by atoms with Crippen molar-refractivity contribution < 1.29 is 20.1 Å². The maximum Gasteiger partial charge on any atom is 0.284 e. The zero-order chi connectivity index (χ0) is 27.6.